The molecule has 11 heteroatoms. The molecule has 0 aliphatic heterocycles. The van der Waals surface area contributed by atoms with Crippen molar-refractivity contribution in [3.63, 3.8) is 0 Å². The number of hydrogen-bond donors (Lipinski definition) is 2. The van der Waals surface area contributed by atoms with Crippen LogP contribution in [0.4, 0.5) is 0 Å². The largest absolute Gasteiger partial charge is 0.496 e. The van der Waals surface area contributed by atoms with E-state index in [0.29, 0.717) is 11.5 Å². The Morgan fingerprint density at radius 2 is 1.03 bits per heavy atom. The Labute approximate surface area is 195 Å². The monoisotopic (exact) mass is 472 g/mol. The van der Waals surface area contributed by atoms with Gasteiger partial charge in [-0.2, -0.15) is 0 Å². The number of methoxy groups -OCH3 is 2. The van der Waals surface area contributed by atoms with Crippen molar-refractivity contribution >= 4 is 29.5 Å². The fraction of sp³-hybridized carbons (Fsp3) is 0.261. The normalized spacial score (nSPS) is 9.94. The van der Waals surface area contributed by atoms with E-state index in [9.17, 15) is 24.0 Å². The van der Waals surface area contributed by atoms with Crippen LogP contribution < -0.4 is 20.1 Å². The van der Waals surface area contributed by atoms with Gasteiger partial charge in [0.25, 0.3) is 11.8 Å². The average molecular weight is 472 g/mol. The van der Waals surface area contributed by atoms with Gasteiger partial charge in [-0.15, -0.1) is 0 Å². The summed E-state index contributed by atoms with van der Waals surface area (Å²) in [6.07, 6.45) is 0. The van der Waals surface area contributed by atoms with E-state index in [1.54, 1.807) is 36.4 Å². The molecule has 0 aromatic heterocycles. The number of ether oxygens (including phenoxy) is 4. The second-order valence-corrected chi connectivity index (χ2v) is 6.63. The lowest BCUT2D eigenvalue weighted by molar-refractivity contribution is -0.152. The number of nitrogens with one attached hydrogen (secondary N) is 2. The molecule has 0 heterocycles. The van der Waals surface area contributed by atoms with E-state index in [1.807, 2.05) is 0 Å². The van der Waals surface area contributed by atoms with Crippen LogP contribution in [0.2, 0.25) is 0 Å². The Morgan fingerprint density at radius 1 is 0.647 bits per heavy atom. The van der Waals surface area contributed by atoms with Crippen molar-refractivity contribution in [2.45, 2.75) is 0 Å². The number of benzene rings is 2. The lowest BCUT2D eigenvalue weighted by Gasteiger charge is -2.10. The van der Waals surface area contributed by atoms with Crippen molar-refractivity contribution in [2.24, 2.45) is 0 Å². The minimum atomic E-state index is -0.855. The van der Waals surface area contributed by atoms with Crippen molar-refractivity contribution in [1.29, 1.82) is 0 Å². The van der Waals surface area contributed by atoms with Crippen LogP contribution in [0.15, 0.2) is 48.5 Å². The number of rotatable bonds is 12. The molecule has 2 rings (SSSR count). The number of Topliss-reactive ketones (excluding diaryl/α,β-unsaturated/α-hetero) is 1. The third-order valence-electron chi connectivity index (χ3n) is 4.28. The molecule has 0 unspecified atom stereocenters. The molecule has 2 N–H and O–H groups in total. The second-order valence-electron chi connectivity index (χ2n) is 6.63. The maximum Gasteiger partial charge on any atom is 0.325 e. The van der Waals surface area contributed by atoms with E-state index in [-0.39, 0.29) is 11.1 Å². The van der Waals surface area contributed by atoms with Gasteiger partial charge in [0.2, 0.25) is 5.78 Å². The van der Waals surface area contributed by atoms with Crippen molar-refractivity contribution < 1.29 is 42.9 Å². The average Bonchev–Trinajstić information content (AvgIpc) is 2.87. The zero-order valence-corrected chi connectivity index (χ0v) is 18.6. The summed E-state index contributed by atoms with van der Waals surface area (Å²) in [6, 6.07) is 12.9. The van der Waals surface area contributed by atoms with E-state index in [1.165, 1.54) is 26.4 Å². The molecule has 34 heavy (non-hydrogen) atoms. The fourth-order valence-corrected chi connectivity index (χ4v) is 2.63. The molecule has 0 aliphatic carbocycles. The summed E-state index contributed by atoms with van der Waals surface area (Å²) in [4.78, 5) is 59.5. The van der Waals surface area contributed by atoms with E-state index >= 15 is 0 Å². The third kappa shape index (κ3) is 7.93. The maximum atomic E-state index is 12.1. The van der Waals surface area contributed by atoms with Crippen LogP contribution in [-0.4, -0.2) is 70.1 Å². The van der Waals surface area contributed by atoms with Crippen LogP contribution >= 0.6 is 0 Å². The van der Waals surface area contributed by atoms with Crippen LogP contribution in [0, 0.1) is 0 Å². The van der Waals surface area contributed by atoms with Crippen LogP contribution in [0.25, 0.3) is 0 Å². The van der Waals surface area contributed by atoms with Crippen LogP contribution in [0.1, 0.15) is 20.7 Å². The molecule has 0 saturated heterocycles. The molecule has 11 nitrogen and oxygen atoms in total. The highest BCUT2D eigenvalue weighted by Gasteiger charge is 2.16. The number of carbonyl (C=O) groups is 5. The van der Waals surface area contributed by atoms with E-state index in [2.05, 4.69) is 10.6 Å². The highest BCUT2D eigenvalue weighted by atomic mass is 16.6. The van der Waals surface area contributed by atoms with Gasteiger partial charge in [-0.05, 0) is 24.3 Å². The first-order chi connectivity index (χ1) is 16.3. The van der Waals surface area contributed by atoms with Gasteiger partial charge in [0.1, 0.15) is 24.6 Å². The zero-order valence-electron chi connectivity index (χ0n) is 18.6. The second kappa shape index (κ2) is 13.2. The molecule has 0 radical (unpaired) electrons. The SMILES string of the molecule is COc1ccccc1C(=O)NCC(=O)OCC(=O)COC(=O)CNC(=O)c1ccccc1OC. The quantitative estimate of drug-likeness (QED) is 0.422. The minimum absolute atomic E-state index is 0.235. The molecule has 2 aromatic carbocycles. The van der Waals surface area contributed by atoms with Gasteiger partial charge >= 0.3 is 11.9 Å². The van der Waals surface area contributed by atoms with Gasteiger partial charge in [-0.1, -0.05) is 24.3 Å². The Kier molecular flexibility index (Phi) is 10.0. The number of hydrogen-bond acceptors (Lipinski definition) is 9. The number of para-hydroxylation sites is 2. The van der Waals surface area contributed by atoms with E-state index in [0.717, 1.165) is 0 Å². The van der Waals surface area contributed by atoms with Gasteiger partial charge < -0.3 is 29.6 Å². The summed E-state index contributed by atoms with van der Waals surface area (Å²) >= 11 is 0. The summed E-state index contributed by atoms with van der Waals surface area (Å²) in [5.74, 6) is -2.82. The summed E-state index contributed by atoms with van der Waals surface area (Å²) in [5.41, 5.74) is 0.470. The predicted molar refractivity (Wildman–Crippen MR) is 118 cm³/mol. The number of amides is 2. The fourth-order valence-electron chi connectivity index (χ4n) is 2.63. The van der Waals surface area contributed by atoms with Crippen molar-refractivity contribution in [3.8, 4) is 11.5 Å². The van der Waals surface area contributed by atoms with Gasteiger partial charge in [-0.3, -0.25) is 24.0 Å². The molecule has 180 valence electrons. The molecule has 0 atom stereocenters. The molecule has 0 spiro atoms. The molecule has 0 aliphatic rings. The Balaban J connectivity index is 1.66. The number of ketones is 1. The van der Waals surface area contributed by atoms with Crippen molar-refractivity contribution in [3.05, 3.63) is 59.7 Å². The van der Waals surface area contributed by atoms with Crippen LogP contribution in [0.5, 0.6) is 11.5 Å². The summed E-state index contributed by atoms with van der Waals surface area (Å²) in [7, 11) is 2.82. The van der Waals surface area contributed by atoms with Gasteiger partial charge in [0, 0.05) is 0 Å². The van der Waals surface area contributed by atoms with Gasteiger partial charge in [-0.25, -0.2) is 0 Å². The van der Waals surface area contributed by atoms with E-state index in [4.69, 9.17) is 18.9 Å². The molecular weight excluding hydrogens is 448 g/mol. The highest BCUT2D eigenvalue weighted by Crippen LogP contribution is 2.17. The molecule has 0 saturated carbocycles. The highest BCUT2D eigenvalue weighted by molar-refractivity contribution is 5.99. The number of esters is 2. The molecule has 2 amide bonds. The smallest absolute Gasteiger partial charge is 0.325 e. The first-order valence-corrected chi connectivity index (χ1v) is 10.0. The van der Waals surface area contributed by atoms with Crippen molar-refractivity contribution in [1.82, 2.24) is 10.6 Å². The lowest BCUT2D eigenvalue weighted by Crippen LogP contribution is -2.33. The first kappa shape index (κ1) is 25.8. The Hall–Kier alpha value is -4.41. The van der Waals surface area contributed by atoms with Crippen LogP contribution in [0.3, 0.4) is 0 Å². The summed E-state index contributed by atoms with van der Waals surface area (Å²) in [5, 5.41) is 4.71. The topological polar surface area (TPSA) is 146 Å². The van der Waals surface area contributed by atoms with Crippen molar-refractivity contribution in [2.75, 3.05) is 40.5 Å². The Morgan fingerprint density at radius 3 is 1.41 bits per heavy atom. The third-order valence-corrected chi connectivity index (χ3v) is 4.28. The summed E-state index contributed by atoms with van der Waals surface area (Å²) in [6.45, 7) is -2.24. The molecular formula is C23H24N2O9. The zero-order chi connectivity index (χ0) is 24.9. The predicted octanol–water partition coefficient (Wildman–Crippen LogP) is 0.519. The van der Waals surface area contributed by atoms with Gasteiger partial charge in [0.15, 0.2) is 13.2 Å². The molecule has 0 bridgehead atoms. The molecule has 0 fully saturated rings. The maximum absolute atomic E-state index is 12.1. The standard InChI is InChI=1S/C23H24N2O9/c1-31-18-9-5-3-7-16(18)22(29)24-11-20(27)33-13-15(26)14-34-21(28)12-25-23(30)17-8-4-6-10-19(17)32-2/h3-10H,11-14H2,1-2H3,(H,24,29)(H,25,30). The first-order valence-electron chi connectivity index (χ1n) is 10.0. The minimum Gasteiger partial charge on any atom is -0.496 e. The lowest BCUT2D eigenvalue weighted by atomic mass is 10.2. The van der Waals surface area contributed by atoms with Crippen LogP contribution in [-0.2, 0) is 23.9 Å². The summed E-state index contributed by atoms with van der Waals surface area (Å²) < 4.78 is 19.6. The number of carbonyl (C=O) groups excluding carboxylic acids is 5. The van der Waals surface area contributed by atoms with E-state index < -0.39 is 55.8 Å². The Bertz CT molecular complexity index is 971. The van der Waals surface area contributed by atoms with Gasteiger partial charge in [0.05, 0.1) is 25.3 Å². The molecule has 2 aromatic rings.